The summed E-state index contributed by atoms with van der Waals surface area (Å²) in [5.74, 6) is -0.471. The molecular weight excluding hydrogens is 234 g/mol. The highest BCUT2D eigenvalue weighted by atomic mass is 16.4. The molecule has 1 aliphatic rings. The van der Waals surface area contributed by atoms with Gasteiger partial charge in [0.05, 0.1) is 17.4 Å². The van der Waals surface area contributed by atoms with Gasteiger partial charge < -0.3 is 20.8 Å². The summed E-state index contributed by atoms with van der Waals surface area (Å²) >= 11 is 0. The van der Waals surface area contributed by atoms with E-state index in [4.69, 9.17) is 15.9 Å². The Hall–Kier alpha value is -1.82. The van der Waals surface area contributed by atoms with Crippen molar-refractivity contribution in [1.29, 1.82) is 0 Å². The van der Waals surface area contributed by atoms with Gasteiger partial charge >= 0.3 is 5.97 Å². The van der Waals surface area contributed by atoms with E-state index in [0.717, 1.165) is 25.9 Å². The van der Waals surface area contributed by atoms with E-state index in [2.05, 4.69) is 4.98 Å². The van der Waals surface area contributed by atoms with Crippen molar-refractivity contribution in [1.82, 2.24) is 4.98 Å². The number of aromatic carboxylic acids is 1. The summed E-state index contributed by atoms with van der Waals surface area (Å²) in [5, 5.41) is 18.3. The van der Waals surface area contributed by atoms with Gasteiger partial charge in [-0.1, -0.05) is 0 Å². The zero-order valence-electron chi connectivity index (χ0n) is 10.0. The molecule has 0 radical (unpaired) electrons. The van der Waals surface area contributed by atoms with E-state index >= 15 is 0 Å². The second-order valence-corrected chi connectivity index (χ2v) is 4.54. The average molecular weight is 251 g/mol. The molecule has 1 aliphatic heterocycles. The van der Waals surface area contributed by atoms with Gasteiger partial charge in [-0.25, -0.2) is 9.78 Å². The fraction of sp³-hybridized carbons (Fsp3) is 0.500. The lowest BCUT2D eigenvalue weighted by atomic mass is 9.97. The normalized spacial score (nSPS) is 16.8. The van der Waals surface area contributed by atoms with Gasteiger partial charge in [-0.2, -0.15) is 0 Å². The summed E-state index contributed by atoms with van der Waals surface area (Å²) < 4.78 is 0. The van der Waals surface area contributed by atoms with Gasteiger partial charge in [0.15, 0.2) is 0 Å². The van der Waals surface area contributed by atoms with Crippen molar-refractivity contribution in [2.24, 2.45) is 5.92 Å². The topological polar surface area (TPSA) is 99.7 Å². The van der Waals surface area contributed by atoms with E-state index in [1.54, 1.807) is 0 Å². The molecule has 4 N–H and O–H groups in total. The Morgan fingerprint density at radius 2 is 2.17 bits per heavy atom. The molecule has 0 aromatic carbocycles. The number of rotatable bonds is 3. The molecule has 0 aliphatic carbocycles. The van der Waals surface area contributed by atoms with Crippen molar-refractivity contribution < 1.29 is 15.0 Å². The van der Waals surface area contributed by atoms with Crippen LogP contribution >= 0.6 is 0 Å². The maximum atomic E-state index is 11.2. The lowest BCUT2D eigenvalue weighted by molar-refractivity contribution is 0.0697. The van der Waals surface area contributed by atoms with Crippen LogP contribution in [0.2, 0.25) is 0 Å². The number of carboxylic acid groups (broad SMARTS) is 1. The number of nitrogen functional groups attached to an aromatic ring is 1. The number of hydrogen-bond donors (Lipinski definition) is 3. The van der Waals surface area contributed by atoms with Crippen molar-refractivity contribution in [3.8, 4) is 0 Å². The number of aliphatic hydroxyl groups is 1. The van der Waals surface area contributed by atoms with Crippen LogP contribution in [0.15, 0.2) is 12.3 Å². The molecule has 6 heteroatoms. The van der Waals surface area contributed by atoms with Crippen LogP contribution in [0.25, 0.3) is 0 Å². The number of aliphatic hydroxyl groups excluding tert-OH is 1. The van der Waals surface area contributed by atoms with E-state index in [-0.39, 0.29) is 18.0 Å². The molecule has 0 bridgehead atoms. The quantitative estimate of drug-likeness (QED) is 0.726. The first kappa shape index (κ1) is 12.6. The first-order valence-electron chi connectivity index (χ1n) is 5.96. The SMILES string of the molecule is Nc1cc(C(=O)O)c(N2CCC(CO)CC2)cn1. The molecule has 0 amide bonds. The van der Waals surface area contributed by atoms with E-state index < -0.39 is 5.97 Å². The predicted molar refractivity (Wildman–Crippen MR) is 67.6 cm³/mol. The van der Waals surface area contributed by atoms with E-state index in [9.17, 15) is 4.79 Å². The minimum atomic E-state index is -0.997. The third-order valence-electron chi connectivity index (χ3n) is 3.35. The van der Waals surface area contributed by atoms with Crippen molar-refractivity contribution in [2.45, 2.75) is 12.8 Å². The lowest BCUT2D eigenvalue weighted by Crippen LogP contribution is -2.35. The number of aromatic nitrogens is 1. The molecule has 1 aromatic rings. The fourth-order valence-corrected chi connectivity index (χ4v) is 2.24. The third kappa shape index (κ3) is 2.53. The largest absolute Gasteiger partial charge is 0.478 e. The van der Waals surface area contributed by atoms with Crippen LogP contribution in [0.4, 0.5) is 11.5 Å². The van der Waals surface area contributed by atoms with Crippen LogP contribution in [0.3, 0.4) is 0 Å². The van der Waals surface area contributed by atoms with Crippen molar-refractivity contribution >= 4 is 17.5 Å². The summed E-state index contributed by atoms with van der Waals surface area (Å²) in [6.07, 6.45) is 3.23. The number of anilines is 2. The highest BCUT2D eigenvalue weighted by molar-refractivity contribution is 5.95. The number of hydrogen-bond acceptors (Lipinski definition) is 5. The fourth-order valence-electron chi connectivity index (χ4n) is 2.24. The molecule has 98 valence electrons. The summed E-state index contributed by atoms with van der Waals surface area (Å²) in [7, 11) is 0. The number of pyridine rings is 1. The first-order valence-corrected chi connectivity index (χ1v) is 5.96. The zero-order valence-corrected chi connectivity index (χ0v) is 10.0. The molecule has 0 spiro atoms. The summed E-state index contributed by atoms with van der Waals surface area (Å²) in [6, 6.07) is 1.38. The van der Waals surface area contributed by atoms with Crippen molar-refractivity contribution in [3.63, 3.8) is 0 Å². The number of nitrogens with two attached hydrogens (primary N) is 1. The molecule has 0 saturated carbocycles. The lowest BCUT2D eigenvalue weighted by Gasteiger charge is -2.33. The van der Waals surface area contributed by atoms with Crippen LogP contribution < -0.4 is 10.6 Å². The van der Waals surface area contributed by atoms with Gasteiger partial charge in [0.25, 0.3) is 0 Å². The van der Waals surface area contributed by atoms with Crippen LogP contribution in [0, 0.1) is 5.92 Å². The molecule has 2 heterocycles. The Morgan fingerprint density at radius 3 is 2.72 bits per heavy atom. The highest BCUT2D eigenvalue weighted by Crippen LogP contribution is 2.26. The van der Waals surface area contributed by atoms with Crippen molar-refractivity contribution in [2.75, 3.05) is 30.3 Å². The molecule has 1 fully saturated rings. The van der Waals surface area contributed by atoms with Crippen LogP contribution in [-0.4, -0.2) is 40.9 Å². The monoisotopic (exact) mass is 251 g/mol. The minimum Gasteiger partial charge on any atom is -0.478 e. The average Bonchev–Trinajstić information content (AvgIpc) is 2.39. The second-order valence-electron chi connectivity index (χ2n) is 4.54. The Morgan fingerprint density at radius 1 is 1.50 bits per heavy atom. The Bertz CT molecular complexity index is 442. The Kier molecular flexibility index (Phi) is 3.66. The second kappa shape index (κ2) is 5.22. The molecule has 0 atom stereocenters. The van der Waals surface area contributed by atoms with E-state index in [1.165, 1.54) is 12.3 Å². The Balaban J connectivity index is 2.21. The van der Waals surface area contributed by atoms with Crippen LogP contribution in [-0.2, 0) is 0 Å². The van der Waals surface area contributed by atoms with Gasteiger partial charge in [0, 0.05) is 19.7 Å². The maximum absolute atomic E-state index is 11.2. The molecule has 6 nitrogen and oxygen atoms in total. The third-order valence-corrected chi connectivity index (χ3v) is 3.35. The maximum Gasteiger partial charge on any atom is 0.338 e. The number of carboxylic acids is 1. The zero-order chi connectivity index (χ0) is 13.1. The summed E-state index contributed by atoms with van der Waals surface area (Å²) in [6.45, 7) is 1.66. The number of carbonyl (C=O) groups is 1. The van der Waals surface area contributed by atoms with Gasteiger partial charge in [-0.3, -0.25) is 0 Å². The predicted octanol–water partition coefficient (Wildman–Crippen LogP) is 0.571. The minimum absolute atomic E-state index is 0.185. The number of nitrogens with zero attached hydrogens (tertiary/aromatic N) is 2. The van der Waals surface area contributed by atoms with Crippen LogP contribution in [0.5, 0.6) is 0 Å². The van der Waals surface area contributed by atoms with Crippen LogP contribution in [0.1, 0.15) is 23.2 Å². The van der Waals surface area contributed by atoms with Crippen molar-refractivity contribution in [3.05, 3.63) is 17.8 Å². The van der Waals surface area contributed by atoms with Gasteiger partial charge in [-0.15, -0.1) is 0 Å². The van der Waals surface area contributed by atoms with E-state index in [1.807, 2.05) is 4.90 Å². The summed E-state index contributed by atoms with van der Waals surface area (Å²) in [5.41, 5.74) is 6.30. The standard InChI is InChI=1S/C12H17N3O3/c13-11-5-9(12(17)18)10(6-14-11)15-3-1-8(7-16)2-4-15/h5-6,8,16H,1-4,7H2,(H2,13,14)(H,17,18). The summed E-state index contributed by atoms with van der Waals surface area (Å²) in [4.78, 5) is 17.1. The Labute approximate surface area is 105 Å². The van der Waals surface area contributed by atoms with Gasteiger partial charge in [0.2, 0.25) is 0 Å². The molecule has 2 rings (SSSR count). The molecule has 1 saturated heterocycles. The molecule has 1 aromatic heterocycles. The first-order chi connectivity index (χ1) is 8.61. The van der Waals surface area contributed by atoms with Gasteiger partial charge in [-0.05, 0) is 24.8 Å². The highest BCUT2D eigenvalue weighted by Gasteiger charge is 2.22. The molecule has 0 unspecified atom stereocenters. The smallest absolute Gasteiger partial charge is 0.338 e. The molecule has 18 heavy (non-hydrogen) atoms. The molecular formula is C12H17N3O3. The number of piperidine rings is 1. The van der Waals surface area contributed by atoms with Gasteiger partial charge in [0.1, 0.15) is 5.82 Å². The van der Waals surface area contributed by atoms with E-state index in [0.29, 0.717) is 11.6 Å².